The summed E-state index contributed by atoms with van der Waals surface area (Å²) >= 11 is 12.5. The molecule has 146 valence electrons. The van der Waals surface area contributed by atoms with Crippen LogP contribution < -0.4 is 0 Å². The van der Waals surface area contributed by atoms with Gasteiger partial charge in [0.15, 0.2) is 0 Å². The summed E-state index contributed by atoms with van der Waals surface area (Å²) in [5, 5.41) is 3.47. The number of benzene rings is 3. The highest BCUT2D eigenvalue weighted by Crippen LogP contribution is 2.27. The van der Waals surface area contributed by atoms with Gasteiger partial charge in [-0.3, -0.25) is 9.98 Å². The van der Waals surface area contributed by atoms with E-state index < -0.39 is 0 Å². The van der Waals surface area contributed by atoms with E-state index in [-0.39, 0.29) is 0 Å². The highest BCUT2D eigenvalue weighted by Gasteiger charge is 2.05. The van der Waals surface area contributed by atoms with Crippen molar-refractivity contribution in [1.29, 1.82) is 0 Å². The van der Waals surface area contributed by atoms with E-state index in [2.05, 4.69) is 20.0 Å². The fourth-order valence-electron chi connectivity index (χ4n) is 3.43. The first-order chi connectivity index (χ1) is 14.7. The van der Waals surface area contributed by atoms with E-state index in [1.807, 2.05) is 85.5 Å². The highest BCUT2D eigenvalue weighted by atomic mass is 35.5. The number of nitrogens with one attached hydrogen (secondary N) is 2. The molecule has 0 bridgehead atoms. The molecular weight excluding hydrogens is 415 g/mol. The first-order valence-electron chi connectivity index (χ1n) is 9.38. The SMILES string of the molecule is Clc1cccc2c(C=Nc3cccc(N=Cc4c[nH]c5c(Cl)cccc45)c3)c[nH]c12. The third-order valence-corrected chi connectivity index (χ3v) is 5.56. The van der Waals surface area contributed by atoms with Gasteiger partial charge in [0.2, 0.25) is 0 Å². The number of hydrogen-bond donors (Lipinski definition) is 2. The normalized spacial score (nSPS) is 12.1. The van der Waals surface area contributed by atoms with Crippen molar-refractivity contribution in [2.24, 2.45) is 9.98 Å². The van der Waals surface area contributed by atoms with Crippen molar-refractivity contribution in [3.05, 3.63) is 94.2 Å². The van der Waals surface area contributed by atoms with Crippen molar-refractivity contribution < 1.29 is 0 Å². The van der Waals surface area contributed by atoms with Gasteiger partial charge in [0.05, 0.1) is 32.5 Å². The number of nitrogens with zero attached hydrogens (tertiary/aromatic N) is 2. The molecule has 4 nitrogen and oxygen atoms in total. The summed E-state index contributed by atoms with van der Waals surface area (Å²) in [6.07, 6.45) is 7.48. The van der Waals surface area contributed by atoms with Gasteiger partial charge in [0.25, 0.3) is 0 Å². The monoisotopic (exact) mass is 430 g/mol. The number of halogens is 2. The lowest BCUT2D eigenvalue weighted by Crippen LogP contribution is -1.79. The molecule has 0 radical (unpaired) electrons. The van der Waals surface area contributed by atoms with Crippen LogP contribution in [0.1, 0.15) is 11.1 Å². The molecule has 0 spiro atoms. The number of para-hydroxylation sites is 2. The number of aliphatic imine (C=N–C) groups is 2. The van der Waals surface area contributed by atoms with E-state index in [1.165, 1.54) is 0 Å². The van der Waals surface area contributed by atoms with Crippen molar-refractivity contribution in [3.63, 3.8) is 0 Å². The Balaban J connectivity index is 1.41. The zero-order valence-corrected chi connectivity index (χ0v) is 17.2. The Morgan fingerprint density at radius 3 is 1.60 bits per heavy atom. The summed E-state index contributed by atoms with van der Waals surface area (Å²) in [6.45, 7) is 0. The first kappa shape index (κ1) is 18.7. The van der Waals surface area contributed by atoms with Crippen LogP contribution in [0.3, 0.4) is 0 Å². The fourth-order valence-corrected chi connectivity index (χ4v) is 3.89. The standard InChI is InChI=1S/C24H16Cl2N4/c25-21-8-2-6-19-15(13-29-23(19)21)11-27-17-4-1-5-18(10-17)28-12-16-14-30-24-20(16)7-3-9-22(24)26/h1-14,29-30H. The Bertz CT molecular complexity index is 1320. The molecule has 0 unspecified atom stereocenters. The highest BCUT2D eigenvalue weighted by molar-refractivity contribution is 6.36. The molecule has 0 saturated carbocycles. The minimum absolute atomic E-state index is 0.696. The second-order valence-corrected chi connectivity index (χ2v) is 7.66. The van der Waals surface area contributed by atoms with Crippen LogP contribution in [0.15, 0.2) is 83.0 Å². The molecule has 0 aliphatic heterocycles. The topological polar surface area (TPSA) is 56.3 Å². The molecule has 0 aliphatic carbocycles. The predicted octanol–water partition coefficient (Wildman–Crippen LogP) is 7.46. The molecule has 2 N–H and O–H groups in total. The first-order valence-corrected chi connectivity index (χ1v) is 10.1. The maximum atomic E-state index is 6.23. The van der Waals surface area contributed by atoms with E-state index in [0.29, 0.717) is 10.0 Å². The van der Waals surface area contributed by atoms with E-state index in [0.717, 1.165) is 44.3 Å². The van der Waals surface area contributed by atoms with Gasteiger partial charge in [-0.2, -0.15) is 0 Å². The Morgan fingerprint density at radius 2 is 1.10 bits per heavy atom. The number of aromatic nitrogens is 2. The molecule has 6 heteroatoms. The third-order valence-electron chi connectivity index (χ3n) is 4.93. The predicted molar refractivity (Wildman–Crippen MR) is 128 cm³/mol. The second kappa shape index (κ2) is 7.82. The van der Waals surface area contributed by atoms with E-state index >= 15 is 0 Å². The molecule has 0 aliphatic rings. The van der Waals surface area contributed by atoms with Gasteiger partial charge in [-0.05, 0) is 30.3 Å². The van der Waals surface area contributed by atoms with Crippen molar-refractivity contribution in [1.82, 2.24) is 9.97 Å². The summed E-state index contributed by atoms with van der Waals surface area (Å²) in [5.74, 6) is 0. The zero-order chi connectivity index (χ0) is 20.5. The van der Waals surface area contributed by atoms with Gasteiger partial charge < -0.3 is 9.97 Å². The van der Waals surface area contributed by atoms with E-state index in [1.54, 1.807) is 0 Å². The molecule has 0 saturated heterocycles. The number of H-pyrrole nitrogens is 2. The molecule has 2 heterocycles. The lowest BCUT2D eigenvalue weighted by molar-refractivity contribution is 1.45. The number of hydrogen-bond acceptors (Lipinski definition) is 2. The van der Waals surface area contributed by atoms with Crippen molar-refractivity contribution >= 4 is 68.8 Å². The van der Waals surface area contributed by atoms with E-state index in [4.69, 9.17) is 23.2 Å². The molecule has 5 rings (SSSR count). The molecule has 5 aromatic rings. The number of aromatic amines is 2. The minimum atomic E-state index is 0.696. The van der Waals surface area contributed by atoms with Gasteiger partial charge in [0.1, 0.15) is 0 Å². The van der Waals surface area contributed by atoms with Gasteiger partial charge in [-0.15, -0.1) is 0 Å². The van der Waals surface area contributed by atoms with Crippen LogP contribution in [0, 0.1) is 0 Å². The Hall–Kier alpha value is -3.34. The molecule has 2 aromatic heterocycles. The molecule has 30 heavy (non-hydrogen) atoms. The lowest BCUT2D eigenvalue weighted by atomic mass is 10.2. The van der Waals surface area contributed by atoms with Crippen molar-refractivity contribution in [2.45, 2.75) is 0 Å². The summed E-state index contributed by atoms with van der Waals surface area (Å²) in [7, 11) is 0. The van der Waals surface area contributed by atoms with Crippen LogP contribution in [0.25, 0.3) is 21.8 Å². The van der Waals surface area contributed by atoms with Crippen LogP contribution in [-0.4, -0.2) is 22.4 Å². The molecule has 0 amide bonds. The third kappa shape index (κ3) is 3.52. The average Bonchev–Trinajstić information content (AvgIpc) is 3.37. The summed E-state index contributed by atoms with van der Waals surface area (Å²) in [5.41, 5.74) is 5.44. The lowest BCUT2D eigenvalue weighted by Gasteiger charge is -1.98. The van der Waals surface area contributed by atoms with E-state index in [9.17, 15) is 0 Å². The smallest absolute Gasteiger partial charge is 0.0651 e. The molecule has 0 fully saturated rings. The maximum Gasteiger partial charge on any atom is 0.0651 e. The fraction of sp³-hybridized carbons (Fsp3) is 0. The number of rotatable bonds is 4. The largest absolute Gasteiger partial charge is 0.359 e. The van der Waals surface area contributed by atoms with Gasteiger partial charge in [0, 0.05) is 46.7 Å². The van der Waals surface area contributed by atoms with Crippen LogP contribution >= 0.6 is 23.2 Å². The molecule has 3 aromatic carbocycles. The van der Waals surface area contributed by atoms with Gasteiger partial charge >= 0.3 is 0 Å². The summed E-state index contributed by atoms with van der Waals surface area (Å²) in [4.78, 5) is 15.6. The van der Waals surface area contributed by atoms with Gasteiger partial charge in [-0.1, -0.05) is 53.5 Å². The van der Waals surface area contributed by atoms with Crippen LogP contribution in [0.2, 0.25) is 10.0 Å². The molecular formula is C24H16Cl2N4. The number of fused-ring (bicyclic) bond motifs is 2. The van der Waals surface area contributed by atoms with Crippen LogP contribution in [-0.2, 0) is 0 Å². The quantitative estimate of drug-likeness (QED) is 0.278. The molecule has 0 atom stereocenters. The second-order valence-electron chi connectivity index (χ2n) is 6.85. The van der Waals surface area contributed by atoms with Crippen LogP contribution in [0.4, 0.5) is 11.4 Å². The van der Waals surface area contributed by atoms with Crippen molar-refractivity contribution in [2.75, 3.05) is 0 Å². The summed E-state index contributed by atoms with van der Waals surface area (Å²) in [6, 6.07) is 19.4. The maximum absolute atomic E-state index is 6.23. The van der Waals surface area contributed by atoms with Gasteiger partial charge in [-0.25, -0.2) is 0 Å². The van der Waals surface area contributed by atoms with Crippen molar-refractivity contribution in [3.8, 4) is 0 Å². The Morgan fingerprint density at radius 1 is 0.633 bits per heavy atom. The average molecular weight is 431 g/mol. The summed E-state index contributed by atoms with van der Waals surface area (Å²) < 4.78 is 0. The zero-order valence-electron chi connectivity index (χ0n) is 15.7. The Labute approximate surface area is 182 Å². The van der Waals surface area contributed by atoms with Crippen LogP contribution in [0.5, 0.6) is 0 Å². The minimum Gasteiger partial charge on any atom is -0.359 e. The Kier molecular flexibility index (Phi) is 4.87.